The van der Waals surface area contributed by atoms with Crippen LogP contribution in [-0.2, 0) is 6.54 Å². The zero-order valence-electron chi connectivity index (χ0n) is 14.7. The minimum absolute atomic E-state index is 0.123. The summed E-state index contributed by atoms with van der Waals surface area (Å²) in [4.78, 5) is 15.7. The molecule has 8 nitrogen and oxygen atoms in total. The number of hydrogen-bond donors (Lipinski definition) is 0. The number of benzene rings is 1. The highest BCUT2D eigenvalue weighted by Crippen LogP contribution is 2.30. The lowest BCUT2D eigenvalue weighted by Gasteiger charge is -2.17. The number of nitrogens with zero attached hydrogens (tertiary/aromatic N) is 6. The molecule has 136 valence electrons. The SMILES string of the molecule is Cc1csc(-c2cc(C(=O)N(C)Cc3ccon3)cc(-n3cnnn3)c2)c1. The van der Waals surface area contributed by atoms with Gasteiger partial charge in [0.05, 0.1) is 12.2 Å². The smallest absolute Gasteiger partial charge is 0.254 e. The van der Waals surface area contributed by atoms with Crippen molar-refractivity contribution in [2.45, 2.75) is 13.5 Å². The second-order valence-corrected chi connectivity index (χ2v) is 7.07. The van der Waals surface area contributed by atoms with E-state index in [0.717, 1.165) is 16.1 Å². The van der Waals surface area contributed by atoms with Crippen LogP contribution in [-0.4, -0.2) is 43.2 Å². The van der Waals surface area contributed by atoms with Gasteiger partial charge in [0.25, 0.3) is 5.91 Å². The first-order chi connectivity index (χ1) is 13.1. The first kappa shape index (κ1) is 17.1. The number of amides is 1. The van der Waals surface area contributed by atoms with Crippen LogP contribution in [0.1, 0.15) is 21.6 Å². The average molecular weight is 380 g/mol. The van der Waals surface area contributed by atoms with E-state index in [2.05, 4.69) is 32.1 Å². The predicted octanol–water partition coefficient (Wildman–Crippen LogP) is 2.96. The number of aryl methyl sites for hydroxylation is 1. The molecule has 0 unspecified atom stereocenters. The molecule has 0 bridgehead atoms. The Hall–Kier alpha value is -3.33. The van der Waals surface area contributed by atoms with E-state index >= 15 is 0 Å². The summed E-state index contributed by atoms with van der Waals surface area (Å²) in [5.41, 5.74) is 4.09. The minimum Gasteiger partial charge on any atom is -0.364 e. The van der Waals surface area contributed by atoms with Gasteiger partial charge in [0, 0.05) is 23.6 Å². The summed E-state index contributed by atoms with van der Waals surface area (Å²) in [6.07, 6.45) is 3.00. The van der Waals surface area contributed by atoms with Crippen molar-refractivity contribution in [3.63, 3.8) is 0 Å². The van der Waals surface area contributed by atoms with Gasteiger partial charge in [-0.25, -0.2) is 4.68 Å². The van der Waals surface area contributed by atoms with E-state index < -0.39 is 0 Å². The molecule has 0 aliphatic rings. The number of aromatic nitrogens is 5. The monoisotopic (exact) mass is 380 g/mol. The van der Waals surface area contributed by atoms with Crippen LogP contribution >= 0.6 is 11.3 Å². The molecule has 0 N–H and O–H groups in total. The quantitative estimate of drug-likeness (QED) is 0.529. The maximum Gasteiger partial charge on any atom is 0.254 e. The second-order valence-electron chi connectivity index (χ2n) is 6.16. The molecule has 9 heteroatoms. The van der Waals surface area contributed by atoms with Gasteiger partial charge in [-0.1, -0.05) is 5.16 Å². The van der Waals surface area contributed by atoms with E-state index in [1.807, 2.05) is 19.1 Å². The van der Waals surface area contributed by atoms with Crippen LogP contribution in [0, 0.1) is 6.92 Å². The summed E-state index contributed by atoms with van der Waals surface area (Å²) >= 11 is 1.63. The summed E-state index contributed by atoms with van der Waals surface area (Å²) in [5, 5.41) is 17.3. The van der Waals surface area contributed by atoms with Crippen molar-refractivity contribution >= 4 is 17.2 Å². The molecular weight excluding hydrogens is 364 g/mol. The Labute approximate surface area is 159 Å². The van der Waals surface area contributed by atoms with E-state index in [4.69, 9.17) is 4.52 Å². The van der Waals surface area contributed by atoms with Gasteiger partial charge in [0.1, 0.15) is 18.3 Å². The molecule has 1 aromatic carbocycles. The Kier molecular flexibility index (Phi) is 4.51. The summed E-state index contributed by atoms with van der Waals surface area (Å²) in [5.74, 6) is -0.123. The lowest BCUT2D eigenvalue weighted by atomic mass is 10.1. The third-order valence-corrected chi connectivity index (χ3v) is 5.13. The van der Waals surface area contributed by atoms with Crippen molar-refractivity contribution in [3.05, 3.63) is 65.1 Å². The lowest BCUT2D eigenvalue weighted by molar-refractivity contribution is 0.0782. The molecule has 0 aliphatic heterocycles. The van der Waals surface area contributed by atoms with Crippen LogP contribution in [0.15, 0.2) is 52.8 Å². The number of tetrazole rings is 1. The highest BCUT2D eigenvalue weighted by molar-refractivity contribution is 7.13. The van der Waals surface area contributed by atoms with E-state index in [-0.39, 0.29) is 5.91 Å². The fourth-order valence-electron chi connectivity index (χ4n) is 2.73. The van der Waals surface area contributed by atoms with Crippen molar-refractivity contribution in [3.8, 4) is 16.1 Å². The molecule has 0 saturated heterocycles. The number of carbonyl (C=O) groups excluding carboxylic acids is 1. The van der Waals surface area contributed by atoms with Gasteiger partial charge in [0.15, 0.2) is 0 Å². The van der Waals surface area contributed by atoms with Crippen LogP contribution in [0.3, 0.4) is 0 Å². The Balaban J connectivity index is 1.72. The molecule has 0 aliphatic carbocycles. The standard InChI is InChI=1S/C18H16N6O2S/c1-12-5-17(27-10-12)13-6-14(8-16(7-13)24-11-19-21-22-24)18(25)23(2)9-15-3-4-26-20-15/h3-8,10-11H,9H2,1-2H3. The maximum atomic E-state index is 13.0. The van der Waals surface area contributed by atoms with Gasteiger partial charge >= 0.3 is 0 Å². The van der Waals surface area contributed by atoms with Crippen LogP contribution in [0.5, 0.6) is 0 Å². The van der Waals surface area contributed by atoms with Gasteiger partial charge in [-0.05, 0) is 58.1 Å². The van der Waals surface area contributed by atoms with Crippen LogP contribution < -0.4 is 0 Å². The topological polar surface area (TPSA) is 89.9 Å². The number of thiophene rings is 1. The average Bonchev–Trinajstić information content (AvgIpc) is 3.43. The summed E-state index contributed by atoms with van der Waals surface area (Å²) < 4.78 is 6.38. The first-order valence-electron chi connectivity index (χ1n) is 8.19. The van der Waals surface area contributed by atoms with Crippen LogP contribution in [0.25, 0.3) is 16.1 Å². The van der Waals surface area contributed by atoms with Gasteiger partial charge in [-0.3, -0.25) is 4.79 Å². The van der Waals surface area contributed by atoms with Crippen molar-refractivity contribution in [1.82, 2.24) is 30.3 Å². The fraction of sp³-hybridized carbons (Fsp3) is 0.167. The Morgan fingerprint density at radius 1 is 1.30 bits per heavy atom. The number of carbonyl (C=O) groups is 1. The zero-order valence-corrected chi connectivity index (χ0v) is 15.6. The van der Waals surface area contributed by atoms with E-state index in [1.54, 1.807) is 40.1 Å². The normalized spacial score (nSPS) is 10.9. The Morgan fingerprint density at radius 2 is 2.19 bits per heavy atom. The van der Waals surface area contributed by atoms with E-state index in [9.17, 15) is 4.79 Å². The van der Waals surface area contributed by atoms with Gasteiger partial charge < -0.3 is 9.42 Å². The van der Waals surface area contributed by atoms with Crippen molar-refractivity contribution in [2.24, 2.45) is 0 Å². The molecular formula is C18H16N6O2S. The van der Waals surface area contributed by atoms with Crippen molar-refractivity contribution in [1.29, 1.82) is 0 Å². The molecule has 0 fully saturated rings. The molecule has 27 heavy (non-hydrogen) atoms. The number of rotatable bonds is 5. The van der Waals surface area contributed by atoms with Crippen molar-refractivity contribution < 1.29 is 9.32 Å². The molecule has 4 rings (SSSR count). The minimum atomic E-state index is -0.123. The molecule has 3 aromatic heterocycles. The van der Waals surface area contributed by atoms with Gasteiger partial charge in [0.2, 0.25) is 0 Å². The van der Waals surface area contributed by atoms with Gasteiger partial charge in [-0.2, -0.15) is 0 Å². The molecule has 3 heterocycles. The third kappa shape index (κ3) is 3.63. The molecule has 0 atom stereocenters. The lowest BCUT2D eigenvalue weighted by Crippen LogP contribution is -2.26. The van der Waals surface area contributed by atoms with E-state index in [1.165, 1.54) is 18.2 Å². The zero-order chi connectivity index (χ0) is 18.8. The van der Waals surface area contributed by atoms with Crippen LogP contribution in [0.2, 0.25) is 0 Å². The number of hydrogen-bond acceptors (Lipinski definition) is 7. The molecule has 0 spiro atoms. The molecule has 0 saturated carbocycles. The van der Waals surface area contributed by atoms with Gasteiger partial charge in [-0.15, -0.1) is 16.4 Å². The van der Waals surface area contributed by atoms with E-state index in [0.29, 0.717) is 17.8 Å². The largest absolute Gasteiger partial charge is 0.364 e. The summed E-state index contributed by atoms with van der Waals surface area (Å²) in [6, 6.07) is 9.47. The fourth-order valence-corrected chi connectivity index (χ4v) is 3.61. The Morgan fingerprint density at radius 3 is 2.85 bits per heavy atom. The maximum absolute atomic E-state index is 13.0. The highest BCUT2D eigenvalue weighted by atomic mass is 32.1. The summed E-state index contributed by atoms with van der Waals surface area (Å²) in [6.45, 7) is 2.40. The third-order valence-electron chi connectivity index (χ3n) is 4.03. The summed E-state index contributed by atoms with van der Waals surface area (Å²) in [7, 11) is 1.73. The highest BCUT2D eigenvalue weighted by Gasteiger charge is 2.17. The van der Waals surface area contributed by atoms with Crippen LogP contribution in [0.4, 0.5) is 0 Å². The second kappa shape index (κ2) is 7.12. The molecule has 0 radical (unpaired) electrons. The predicted molar refractivity (Wildman–Crippen MR) is 99.5 cm³/mol. The molecule has 4 aromatic rings. The molecule has 1 amide bonds. The Bertz CT molecular complexity index is 1060. The first-order valence-corrected chi connectivity index (χ1v) is 9.07. The van der Waals surface area contributed by atoms with Crippen molar-refractivity contribution in [2.75, 3.05) is 7.05 Å².